The summed E-state index contributed by atoms with van der Waals surface area (Å²) in [6, 6.07) is 6.93. The number of hydrogen-bond donors (Lipinski definition) is 2. The van der Waals surface area contributed by atoms with Gasteiger partial charge in [0, 0.05) is 5.54 Å². The Kier molecular flexibility index (Phi) is 7.51. The molecule has 2 atom stereocenters. The van der Waals surface area contributed by atoms with Gasteiger partial charge in [0.05, 0.1) is 6.61 Å². The van der Waals surface area contributed by atoms with E-state index < -0.39 is 5.54 Å². The minimum atomic E-state index is -0.528. The molecule has 24 heavy (non-hydrogen) atoms. The maximum Gasteiger partial charge on any atom is 0.0614 e. The number of aliphatic hydroxyl groups excluding tert-OH is 1. The average molecular weight is 330 g/mol. The van der Waals surface area contributed by atoms with Crippen LogP contribution in [0.2, 0.25) is 0 Å². The predicted octanol–water partition coefficient (Wildman–Crippen LogP) is 4.87. The molecule has 0 bridgehead atoms. The Morgan fingerprint density at radius 1 is 1.17 bits per heavy atom. The number of benzene rings is 1. The second kappa shape index (κ2) is 9.39. The molecule has 0 fully saturated rings. The molecule has 2 heteroatoms. The number of fused-ring (bicyclic) bond motifs is 1. The van der Waals surface area contributed by atoms with Crippen LogP contribution in [0.25, 0.3) is 6.08 Å². The lowest BCUT2D eigenvalue weighted by atomic mass is 9.84. The maximum atomic E-state index is 9.51. The van der Waals surface area contributed by atoms with Crippen molar-refractivity contribution < 1.29 is 5.11 Å². The number of aryl methyl sites for hydroxylation is 2. The van der Waals surface area contributed by atoms with E-state index in [9.17, 15) is 5.11 Å². The van der Waals surface area contributed by atoms with Crippen LogP contribution in [0.1, 0.15) is 75.5 Å². The van der Waals surface area contributed by atoms with Crippen molar-refractivity contribution in [2.24, 2.45) is 11.7 Å². The van der Waals surface area contributed by atoms with Gasteiger partial charge in [0.25, 0.3) is 0 Å². The molecule has 0 aromatic heterocycles. The van der Waals surface area contributed by atoms with Gasteiger partial charge in [0.2, 0.25) is 0 Å². The molecule has 0 saturated heterocycles. The zero-order valence-corrected chi connectivity index (χ0v) is 15.6. The first-order valence-corrected chi connectivity index (χ1v) is 9.76. The quantitative estimate of drug-likeness (QED) is 0.635. The van der Waals surface area contributed by atoms with Gasteiger partial charge in [0.15, 0.2) is 0 Å². The van der Waals surface area contributed by atoms with E-state index in [2.05, 4.69) is 37.3 Å². The minimum absolute atomic E-state index is 0.0294. The van der Waals surface area contributed by atoms with Crippen LogP contribution >= 0.6 is 0 Å². The van der Waals surface area contributed by atoms with Crippen molar-refractivity contribution in [2.75, 3.05) is 6.61 Å². The van der Waals surface area contributed by atoms with Gasteiger partial charge in [-0.25, -0.2) is 0 Å². The lowest BCUT2D eigenvalue weighted by Crippen LogP contribution is -2.46. The molecule has 0 heterocycles. The summed E-state index contributed by atoms with van der Waals surface area (Å²) in [6.07, 6.45) is 15.7. The predicted molar refractivity (Wildman–Crippen MR) is 104 cm³/mol. The minimum Gasteiger partial charge on any atom is -0.394 e. The second-order valence-electron chi connectivity index (χ2n) is 7.72. The van der Waals surface area contributed by atoms with Crippen molar-refractivity contribution in [3.63, 3.8) is 0 Å². The standard InChI is InChI=1S/C22H35NO/c1-3-4-5-6-7-8-9-18-10-11-19-12-14-21(22(2,23)17-24)15-13-20(19)16-18/h10-12,14,16,21,24H,3-9,13,15,17,23H2,1-2H3. The first-order chi connectivity index (χ1) is 11.6. The molecule has 0 aliphatic heterocycles. The summed E-state index contributed by atoms with van der Waals surface area (Å²) in [5.74, 6) is 0.233. The third kappa shape index (κ3) is 5.46. The number of nitrogens with two attached hydrogens (primary N) is 1. The summed E-state index contributed by atoms with van der Waals surface area (Å²) in [7, 11) is 0. The van der Waals surface area contributed by atoms with Gasteiger partial charge < -0.3 is 10.8 Å². The maximum absolute atomic E-state index is 9.51. The zero-order valence-electron chi connectivity index (χ0n) is 15.6. The molecule has 2 unspecified atom stereocenters. The van der Waals surface area contributed by atoms with Crippen molar-refractivity contribution in [1.82, 2.24) is 0 Å². The first kappa shape index (κ1) is 19.2. The van der Waals surface area contributed by atoms with E-state index >= 15 is 0 Å². The molecule has 0 radical (unpaired) electrons. The number of rotatable bonds is 9. The lowest BCUT2D eigenvalue weighted by molar-refractivity contribution is 0.170. The topological polar surface area (TPSA) is 46.2 Å². The second-order valence-corrected chi connectivity index (χ2v) is 7.72. The van der Waals surface area contributed by atoms with E-state index in [1.54, 1.807) is 0 Å². The van der Waals surface area contributed by atoms with Crippen molar-refractivity contribution >= 4 is 6.08 Å². The summed E-state index contributed by atoms with van der Waals surface area (Å²) in [5, 5.41) is 9.51. The van der Waals surface area contributed by atoms with E-state index in [1.807, 2.05) is 6.92 Å². The molecular weight excluding hydrogens is 294 g/mol. The Bertz CT molecular complexity index is 533. The number of aliphatic hydroxyl groups is 1. The third-order valence-corrected chi connectivity index (χ3v) is 5.45. The van der Waals surface area contributed by atoms with Crippen LogP contribution in [0.5, 0.6) is 0 Å². The van der Waals surface area contributed by atoms with E-state index in [1.165, 1.54) is 61.6 Å². The van der Waals surface area contributed by atoms with Gasteiger partial charge in [-0.2, -0.15) is 0 Å². The molecule has 0 saturated carbocycles. The Morgan fingerprint density at radius 2 is 1.92 bits per heavy atom. The highest BCUT2D eigenvalue weighted by Gasteiger charge is 2.28. The van der Waals surface area contributed by atoms with E-state index in [0.29, 0.717) is 0 Å². The third-order valence-electron chi connectivity index (χ3n) is 5.45. The van der Waals surface area contributed by atoms with Gasteiger partial charge in [-0.05, 0) is 55.2 Å². The molecule has 1 aromatic carbocycles. The average Bonchev–Trinajstić information content (AvgIpc) is 2.80. The fourth-order valence-corrected chi connectivity index (χ4v) is 3.60. The molecular formula is C22H35NO. The smallest absolute Gasteiger partial charge is 0.0614 e. The van der Waals surface area contributed by atoms with Crippen LogP contribution < -0.4 is 5.73 Å². The largest absolute Gasteiger partial charge is 0.394 e. The fourth-order valence-electron chi connectivity index (χ4n) is 3.60. The molecule has 3 N–H and O–H groups in total. The zero-order chi connectivity index (χ0) is 17.4. The van der Waals surface area contributed by atoms with Crippen molar-refractivity contribution in [3.05, 3.63) is 41.0 Å². The van der Waals surface area contributed by atoms with E-state index in [-0.39, 0.29) is 12.5 Å². The number of unbranched alkanes of at least 4 members (excludes halogenated alkanes) is 5. The summed E-state index contributed by atoms with van der Waals surface area (Å²) in [6.45, 7) is 4.24. The highest BCUT2D eigenvalue weighted by Crippen LogP contribution is 2.28. The Morgan fingerprint density at radius 3 is 2.67 bits per heavy atom. The Hall–Kier alpha value is -1.12. The summed E-state index contributed by atoms with van der Waals surface area (Å²) < 4.78 is 0. The first-order valence-electron chi connectivity index (χ1n) is 9.76. The molecule has 1 aliphatic carbocycles. The molecule has 2 rings (SSSR count). The van der Waals surface area contributed by atoms with Crippen molar-refractivity contribution in [1.29, 1.82) is 0 Å². The molecule has 134 valence electrons. The van der Waals surface area contributed by atoms with Crippen LogP contribution in [0, 0.1) is 5.92 Å². The summed E-state index contributed by atoms with van der Waals surface area (Å²) in [5.41, 5.74) is 9.93. The van der Waals surface area contributed by atoms with Gasteiger partial charge in [-0.3, -0.25) is 0 Å². The highest BCUT2D eigenvalue weighted by molar-refractivity contribution is 5.56. The molecule has 0 spiro atoms. The van der Waals surface area contributed by atoms with E-state index in [4.69, 9.17) is 5.73 Å². The molecule has 0 amide bonds. The SMILES string of the molecule is CCCCCCCCc1ccc2c(c1)CCC(C(C)(N)CO)C=C2. The van der Waals surface area contributed by atoms with Crippen molar-refractivity contribution in [2.45, 2.75) is 77.2 Å². The van der Waals surface area contributed by atoms with Crippen LogP contribution in [0.3, 0.4) is 0 Å². The van der Waals surface area contributed by atoms with E-state index in [0.717, 1.165) is 12.8 Å². The molecule has 1 aliphatic rings. The number of hydrogen-bond acceptors (Lipinski definition) is 2. The van der Waals surface area contributed by atoms with Crippen LogP contribution in [0.4, 0.5) is 0 Å². The normalized spacial score (nSPS) is 19.6. The van der Waals surface area contributed by atoms with Crippen LogP contribution in [0.15, 0.2) is 24.3 Å². The lowest BCUT2D eigenvalue weighted by Gasteiger charge is -2.29. The van der Waals surface area contributed by atoms with Gasteiger partial charge in [-0.1, -0.05) is 69.4 Å². The summed E-state index contributed by atoms with van der Waals surface area (Å²) in [4.78, 5) is 0. The fraction of sp³-hybridized carbons (Fsp3) is 0.636. The van der Waals surface area contributed by atoms with Crippen LogP contribution in [-0.4, -0.2) is 17.3 Å². The molecule has 2 nitrogen and oxygen atoms in total. The van der Waals surface area contributed by atoms with Crippen molar-refractivity contribution in [3.8, 4) is 0 Å². The Labute approximate surface area is 148 Å². The van der Waals surface area contributed by atoms with Gasteiger partial charge in [0.1, 0.15) is 0 Å². The highest BCUT2D eigenvalue weighted by atomic mass is 16.3. The van der Waals surface area contributed by atoms with Crippen LogP contribution in [-0.2, 0) is 12.8 Å². The Balaban J connectivity index is 1.89. The summed E-state index contributed by atoms with van der Waals surface area (Å²) >= 11 is 0. The monoisotopic (exact) mass is 329 g/mol. The van der Waals surface area contributed by atoms with Gasteiger partial charge in [-0.15, -0.1) is 0 Å². The van der Waals surface area contributed by atoms with Gasteiger partial charge >= 0.3 is 0 Å². The molecule has 1 aromatic rings.